The van der Waals surface area contributed by atoms with Gasteiger partial charge in [-0.15, -0.1) is 0 Å². The van der Waals surface area contributed by atoms with E-state index in [0.717, 1.165) is 36.5 Å². The van der Waals surface area contributed by atoms with Crippen LogP contribution in [0.2, 0.25) is 5.02 Å². The summed E-state index contributed by atoms with van der Waals surface area (Å²) in [6.45, 7) is 13.4. The molecule has 32 heavy (non-hydrogen) atoms. The van der Waals surface area contributed by atoms with Crippen LogP contribution in [0, 0.1) is 17.7 Å². The van der Waals surface area contributed by atoms with Gasteiger partial charge in [0.05, 0.1) is 10.4 Å². The van der Waals surface area contributed by atoms with Gasteiger partial charge in [0.1, 0.15) is 18.0 Å². The molecule has 0 fully saturated rings. The predicted molar refractivity (Wildman–Crippen MR) is 133 cm³/mol. The van der Waals surface area contributed by atoms with Crippen LogP contribution in [0.5, 0.6) is 0 Å². The molecule has 1 aliphatic rings. The Morgan fingerprint density at radius 3 is 2.53 bits per heavy atom. The SMILES string of the molecule is CCCN(CCC)C(C)(C)/C=C/C1C=c2c(Nc3ccc(F)c(Cl)c3)ncnc2=CC1C. The van der Waals surface area contributed by atoms with E-state index in [1.807, 2.05) is 0 Å². The lowest BCUT2D eigenvalue weighted by Crippen LogP contribution is -2.43. The Hall–Kier alpha value is -2.24. The monoisotopic (exact) mass is 456 g/mol. The second-order valence-corrected chi connectivity index (χ2v) is 9.45. The van der Waals surface area contributed by atoms with Gasteiger partial charge in [-0.3, -0.25) is 4.90 Å². The van der Waals surface area contributed by atoms with Crippen molar-refractivity contribution in [1.82, 2.24) is 14.9 Å². The average molecular weight is 457 g/mol. The van der Waals surface area contributed by atoms with E-state index in [2.05, 4.69) is 79.1 Å². The van der Waals surface area contributed by atoms with E-state index < -0.39 is 5.82 Å². The van der Waals surface area contributed by atoms with E-state index in [-0.39, 0.29) is 16.5 Å². The molecule has 2 unspecified atom stereocenters. The number of fused-ring (bicyclic) bond motifs is 1. The van der Waals surface area contributed by atoms with Gasteiger partial charge in [-0.2, -0.15) is 0 Å². The maximum Gasteiger partial charge on any atom is 0.141 e. The van der Waals surface area contributed by atoms with Gasteiger partial charge in [-0.25, -0.2) is 14.4 Å². The van der Waals surface area contributed by atoms with Gasteiger partial charge >= 0.3 is 0 Å². The minimum Gasteiger partial charge on any atom is -0.340 e. The van der Waals surface area contributed by atoms with Crippen LogP contribution in [0.15, 0.2) is 36.7 Å². The van der Waals surface area contributed by atoms with Crippen molar-refractivity contribution in [2.45, 2.75) is 53.0 Å². The molecule has 1 aromatic carbocycles. The van der Waals surface area contributed by atoms with Crippen LogP contribution >= 0.6 is 11.6 Å². The predicted octanol–water partition coefficient (Wildman–Crippen LogP) is 5.30. The fourth-order valence-corrected chi connectivity index (χ4v) is 4.31. The van der Waals surface area contributed by atoms with Crippen LogP contribution in [0.1, 0.15) is 47.5 Å². The van der Waals surface area contributed by atoms with Gasteiger partial charge in [-0.05, 0) is 63.9 Å². The third kappa shape index (κ3) is 5.76. The molecule has 6 heteroatoms. The molecule has 0 radical (unpaired) electrons. The molecule has 3 rings (SSSR count). The molecule has 0 bridgehead atoms. The van der Waals surface area contributed by atoms with Crippen LogP contribution in [0.25, 0.3) is 12.2 Å². The number of nitrogens with one attached hydrogen (secondary N) is 1. The normalized spacial score (nSPS) is 18.4. The minimum atomic E-state index is -0.441. The molecule has 0 amide bonds. The highest BCUT2D eigenvalue weighted by Crippen LogP contribution is 2.24. The number of halogens is 2. The number of hydrogen-bond acceptors (Lipinski definition) is 4. The van der Waals surface area contributed by atoms with Crippen LogP contribution in [-0.2, 0) is 0 Å². The Kier molecular flexibility index (Phi) is 8.07. The average Bonchev–Trinajstić information content (AvgIpc) is 2.75. The number of benzene rings is 1. The van der Waals surface area contributed by atoms with Crippen molar-refractivity contribution >= 4 is 35.3 Å². The number of aromatic nitrogens is 2. The molecule has 4 nitrogen and oxygen atoms in total. The second-order valence-electron chi connectivity index (χ2n) is 9.04. The van der Waals surface area contributed by atoms with Crippen molar-refractivity contribution in [2.24, 2.45) is 11.8 Å². The summed E-state index contributed by atoms with van der Waals surface area (Å²) in [7, 11) is 0. The van der Waals surface area contributed by atoms with Crippen molar-refractivity contribution in [3.05, 3.63) is 58.1 Å². The zero-order valence-electron chi connectivity index (χ0n) is 19.7. The van der Waals surface area contributed by atoms with Crippen LogP contribution < -0.4 is 15.9 Å². The maximum absolute atomic E-state index is 13.5. The standard InChI is InChI=1S/C26H34ClFN4/c1-6-12-32(13-7-2)26(4,5)11-10-19-15-21-24(14-18(19)3)29-17-30-25(21)31-20-8-9-23(28)22(27)16-20/h8-11,14-19H,6-7,12-13H2,1-5H3,(H,29,30,31)/b11-10+. The summed E-state index contributed by atoms with van der Waals surface area (Å²) >= 11 is 5.95. The van der Waals surface area contributed by atoms with Gasteiger partial charge in [0.25, 0.3) is 0 Å². The molecule has 1 aliphatic carbocycles. The Balaban J connectivity index is 1.91. The van der Waals surface area contributed by atoms with E-state index in [9.17, 15) is 4.39 Å². The van der Waals surface area contributed by atoms with Crippen LogP contribution in [-0.4, -0.2) is 33.5 Å². The highest BCUT2D eigenvalue weighted by atomic mass is 35.5. The first-order valence-corrected chi connectivity index (χ1v) is 11.8. The lowest BCUT2D eigenvalue weighted by atomic mass is 9.87. The Morgan fingerprint density at radius 1 is 1.16 bits per heavy atom. The first-order valence-electron chi connectivity index (χ1n) is 11.5. The molecular formula is C26H34ClFN4. The molecule has 172 valence electrons. The van der Waals surface area contributed by atoms with Gasteiger partial charge in [0, 0.05) is 22.4 Å². The smallest absolute Gasteiger partial charge is 0.141 e. The summed E-state index contributed by atoms with van der Waals surface area (Å²) in [6, 6.07) is 4.57. The van der Waals surface area contributed by atoms with Crippen molar-refractivity contribution in [3.8, 4) is 0 Å². The molecule has 0 saturated carbocycles. The highest BCUT2D eigenvalue weighted by Gasteiger charge is 2.24. The molecule has 1 aromatic heterocycles. The van der Waals surface area contributed by atoms with Crippen molar-refractivity contribution in [3.63, 3.8) is 0 Å². The van der Waals surface area contributed by atoms with Crippen molar-refractivity contribution < 1.29 is 4.39 Å². The summed E-state index contributed by atoms with van der Waals surface area (Å²) in [4.78, 5) is 11.5. The third-order valence-corrected chi connectivity index (χ3v) is 6.30. The number of anilines is 2. The maximum atomic E-state index is 13.5. The summed E-state index contributed by atoms with van der Waals surface area (Å²) in [5, 5.41) is 5.22. The third-order valence-electron chi connectivity index (χ3n) is 6.01. The number of hydrogen-bond donors (Lipinski definition) is 1. The summed E-state index contributed by atoms with van der Waals surface area (Å²) in [5.41, 5.74) is 0.672. The Morgan fingerprint density at radius 2 is 1.88 bits per heavy atom. The molecule has 0 saturated heterocycles. The number of allylic oxidation sites excluding steroid dienone is 1. The topological polar surface area (TPSA) is 41.0 Å². The zero-order chi connectivity index (χ0) is 23.3. The largest absolute Gasteiger partial charge is 0.340 e. The van der Waals surface area contributed by atoms with E-state index in [1.165, 1.54) is 6.07 Å². The van der Waals surface area contributed by atoms with Crippen LogP contribution in [0.3, 0.4) is 0 Å². The summed E-state index contributed by atoms with van der Waals surface area (Å²) < 4.78 is 13.5. The van der Waals surface area contributed by atoms with E-state index in [1.54, 1.807) is 18.5 Å². The molecule has 1 heterocycles. The molecule has 0 aliphatic heterocycles. The van der Waals surface area contributed by atoms with Crippen molar-refractivity contribution in [1.29, 1.82) is 0 Å². The molecule has 2 atom stereocenters. The summed E-state index contributed by atoms with van der Waals surface area (Å²) in [5.74, 6) is 0.805. The first-order chi connectivity index (χ1) is 15.2. The molecule has 1 N–H and O–H groups in total. The minimum absolute atomic E-state index is 0.0149. The lowest BCUT2D eigenvalue weighted by molar-refractivity contribution is 0.161. The van der Waals surface area contributed by atoms with Gasteiger partial charge < -0.3 is 5.32 Å². The van der Waals surface area contributed by atoms with E-state index >= 15 is 0 Å². The molecule has 0 spiro atoms. The summed E-state index contributed by atoms with van der Waals surface area (Å²) in [6.07, 6.45) is 12.9. The van der Waals surface area contributed by atoms with Gasteiger partial charge in [0.2, 0.25) is 0 Å². The zero-order valence-corrected chi connectivity index (χ0v) is 20.5. The Labute approximate surface area is 195 Å². The highest BCUT2D eigenvalue weighted by molar-refractivity contribution is 6.31. The van der Waals surface area contributed by atoms with E-state index in [0.29, 0.717) is 17.4 Å². The number of rotatable bonds is 9. The van der Waals surface area contributed by atoms with Crippen molar-refractivity contribution in [2.75, 3.05) is 18.4 Å². The lowest BCUT2D eigenvalue weighted by Gasteiger charge is -2.36. The van der Waals surface area contributed by atoms with E-state index in [4.69, 9.17) is 11.6 Å². The Bertz CT molecular complexity index is 1070. The first kappa shape index (κ1) is 24.4. The second kappa shape index (κ2) is 10.6. The quantitative estimate of drug-likeness (QED) is 0.520. The fourth-order valence-electron chi connectivity index (χ4n) is 4.13. The van der Waals surface area contributed by atoms with Gasteiger partial charge in [-0.1, -0.05) is 56.7 Å². The molecule has 2 aromatic rings. The van der Waals surface area contributed by atoms with Crippen LogP contribution in [0.4, 0.5) is 15.9 Å². The van der Waals surface area contributed by atoms with Gasteiger partial charge in [0.15, 0.2) is 0 Å². The molecular weight excluding hydrogens is 423 g/mol. The number of nitrogens with zero attached hydrogens (tertiary/aromatic N) is 3. The fraction of sp³-hybridized carbons (Fsp3) is 0.462.